The van der Waals surface area contributed by atoms with E-state index in [2.05, 4.69) is 0 Å². The molecule has 0 spiro atoms. The van der Waals surface area contributed by atoms with E-state index in [0.717, 1.165) is 5.56 Å². The van der Waals surface area contributed by atoms with E-state index in [1.54, 1.807) is 18.2 Å². The summed E-state index contributed by atoms with van der Waals surface area (Å²) in [6, 6.07) is 5.01. The molecule has 1 aromatic rings. The third-order valence-corrected chi connectivity index (χ3v) is 4.76. The minimum atomic E-state index is -4.52. The van der Waals surface area contributed by atoms with E-state index in [4.69, 9.17) is 10.2 Å². The molecule has 6 N–H and O–H groups in total. The molecule has 0 unspecified atom stereocenters. The van der Waals surface area contributed by atoms with E-state index in [1.807, 2.05) is 0 Å². The van der Waals surface area contributed by atoms with Gasteiger partial charge in [0.05, 0.1) is 4.75 Å². The summed E-state index contributed by atoms with van der Waals surface area (Å²) in [5.41, 5.74) is 1.77. The molecule has 0 aliphatic heterocycles. The summed E-state index contributed by atoms with van der Waals surface area (Å²) in [7, 11) is -4.52. The molecule has 0 aliphatic rings. The zero-order valence-electron chi connectivity index (χ0n) is 12.1. The minimum absolute atomic E-state index is 0. The third-order valence-electron chi connectivity index (χ3n) is 3.29. The van der Waals surface area contributed by atoms with Gasteiger partial charge >= 0.3 is 0 Å². The predicted octanol–water partition coefficient (Wildman–Crippen LogP) is 0.913. The first kappa shape index (κ1) is 19.0. The fraction of sp³-hybridized carbons (Fsp3) is 0.538. The Bertz CT molecular complexity index is 540. The summed E-state index contributed by atoms with van der Waals surface area (Å²) in [6.45, 7) is 2.49. The molecular formula is C13H23NO5S. The van der Waals surface area contributed by atoms with Crippen LogP contribution in [0.4, 0.5) is 0 Å². The summed E-state index contributed by atoms with van der Waals surface area (Å²) >= 11 is 0. The van der Waals surface area contributed by atoms with Gasteiger partial charge < -0.3 is 20.9 Å². The summed E-state index contributed by atoms with van der Waals surface area (Å²) in [5.74, 6) is 0. The van der Waals surface area contributed by atoms with Gasteiger partial charge in [0, 0.05) is 13.2 Å². The van der Waals surface area contributed by atoms with Gasteiger partial charge in [-0.15, -0.1) is 0 Å². The Balaban J connectivity index is 0.00000361. The normalized spacial score (nSPS) is 12.1. The lowest BCUT2D eigenvalue weighted by atomic mass is 9.90. The fourth-order valence-electron chi connectivity index (χ4n) is 2.10. The number of quaternary nitrogens is 1. The van der Waals surface area contributed by atoms with Gasteiger partial charge in [-0.05, 0) is 43.4 Å². The maximum Gasteiger partial charge on any atom is 0.104 e. The first-order valence-electron chi connectivity index (χ1n) is 6.04. The highest BCUT2D eigenvalue weighted by molar-refractivity contribution is 7.86. The molecule has 1 rings (SSSR count). The van der Waals surface area contributed by atoms with E-state index in [0.29, 0.717) is 17.5 Å². The summed E-state index contributed by atoms with van der Waals surface area (Å²) in [6.07, 6.45) is 0.614. The zero-order valence-corrected chi connectivity index (χ0v) is 12.9. The SMILES string of the molecule is CC(C)(c1cccc(CCO)c1CCO)S(=O)(=O)[O-].[NH4+]. The average molecular weight is 305 g/mol. The summed E-state index contributed by atoms with van der Waals surface area (Å²) in [4.78, 5) is 0. The van der Waals surface area contributed by atoms with E-state index < -0.39 is 14.9 Å². The van der Waals surface area contributed by atoms with Crippen LogP contribution < -0.4 is 6.15 Å². The van der Waals surface area contributed by atoms with Crippen LogP contribution in [0.2, 0.25) is 0 Å². The molecule has 0 saturated carbocycles. The molecule has 20 heavy (non-hydrogen) atoms. The molecule has 0 fully saturated rings. The number of benzene rings is 1. The third kappa shape index (κ3) is 3.77. The largest absolute Gasteiger partial charge is 0.747 e. The quantitative estimate of drug-likeness (QED) is 0.671. The van der Waals surface area contributed by atoms with Gasteiger partial charge in [0.15, 0.2) is 0 Å². The van der Waals surface area contributed by atoms with Crippen LogP contribution in [-0.4, -0.2) is 36.4 Å². The molecule has 0 heterocycles. The predicted molar refractivity (Wildman–Crippen MR) is 76.7 cm³/mol. The number of aliphatic hydroxyl groups excluding tert-OH is 2. The molecule has 7 heteroatoms. The van der Waals surface area contributed by atoms with E-state index in [9.17, 15) is 13.0 Å². The lowest BCUT2D eigenvalue weighted by Crippen LogP contribution is -2.30. The van der Waals surface area contributed by atoms with E-state index >= 15 is 0 Å². The Labute approximate surface area is 119 Å². The molecule has 0 saturated heterocycles. The standard InChI is InChI=1S/C13H20O5S.H3N/c1-13(2,19(16,17)18)12-5-3-4-10(6-8-14)11(12)7-9-15;/h3-5,14-15H,6-9H2,1-2H3,(H,16,17,18);1H3. The lowest BCUT2D eigenvalue weighted by molar-refractivity contribution is 0.292. The highest BCUT2D eigenvalue weighted by atomic mass is 32.2. The van der Waals surface area contributed by atoms with Crippen molar-refractivity contribution in [3.8, 4) is 0 Å². The van der Waals surface area contributed by atoms with Crippen LogP contribution in [0.3, 0.4) is 0 Å². The van der Waals surface area contributed by atoms with Crippen LogP contribution in [0.5, 0.6) is 0 Å². The fourth-order valence-corrected chi connectivity index (χ4v) is 2.56. The van der Waals surface area contributed by atoms with Crippen LogP contribution in [0.1, 0.15) is 30.5 Å². The van der Waals surface area contributed by atoms with Crippen LogP contribution >= 0.6 is 0 Å². The first-order valence-corrected chi connectivity index (χ1v) is 7.45. The Kier molecular flexibility index (Phi) is 6.79. The van der Waals surface area contributed by atoms with Crippen molar-refractivity contribution in [1.29, 1.82) is 0 Å². The Hall–Kier alpha value is -0.990. The lowest BCUT2D eigenvalue weighted by Gasteiger charge is -2.31. The highest BCUT2D eigenvalue weighted by Crippen LogP contribution is 2.33. The summed E-state index contributed by atoms with van der Waals surface area (Å²) in [5, 5.41) is 18.1. The van der Waals surface area contributed by atoms with Crippen LogP contribution in [0.15, 0.2) is 18.2 Å². The monoisotopic (exact) mass is 305 g/mol. The van der Waals surface area contributed by atoms with Crippen molar-refractivity contribution in [2.45, 2.75) is 31.4 Å². The molecule has 0 aromatic heterocycles. The molecule has 6 nitrogen and oxygen atoms in total. The highest BCUT2D eigenvalue weighted by Gasteiger charge is 2.31. The van der Waals surface area contributed by atoms with Crippen molar-refractivity contribution < 1.29 is 23.2 Å². The smallest absolute Gasteiger partial charge is 0.104 e. The van der Waals surface area contributed by atoms with E-state index in [-0.39, 0.29) is 25.8 Å². The maximum absolute atomic E-state index is 11.4. The van der Waals surface area contributed by atoms with Gasteiger partial charge in [-0.25, -0.2) is 8.42 Å². The van der Waals surface area contributed by atoms with Gasteiger partial charge in [-0.2, -0.15) is 0 Å². The molecule has 0 radical (unpaired) electrons. The Morgan fingerprint density at radius 3 is 2.15 bits per heavy atom. The first-order chi connectivity index (χ1) is 8.75. The van der Waals surface area contributed by atoms with Crippen molar-refractivity contribution in [2.75, 3.05) is 13.2 Å². The molecule has 0 atom stereocenters. The van der Waals surface area contributed by atoms with Crippen molar-refractivity contribution in [1.82, 2.24) is 6.15 Å². The van der Waals surface area contributed by atoms with E-state index in [1.165, 1.54) is 13.8 Å². The summed E-state index contributed by atoms with van der Waals surface area (Å²) < 4.78 is 32.7. The molecule has 1 aromatic carbocycles. The van der Waals surface area contributed by atoms with Gasteiger partial charge in [0.25, 0.3) is 0 Å². The van der Waals surface area contributed by atoms with Crippen LogP contribution in [0, 0.1) is 0 Å². The number of aliphatic hydroxyl groups is 2. The molecule has 116 valence electrons. The molecular weight excluding hydrogens is 282 g/mol. The van der Waals surface area contributed by atoms with Gasteiger partial charge in [0.1, 0.15) is 10.1 Å². The molecule has 0 bridgehead atoms. The maximum atomic E-state index is 11.4. The van der Waals surface area contributed by atoms with Gasteiger partial charge in [-0.3, -0.25) is 0 Å². The number of hydrogen-bond donors (Lipinski definition) is 3. The van der Waals surface area contributed by atoms with Crippen molar-refractivity contribution in [3.63, 3.8) is 0 Å². The van der Waals surface area contributed by atoms with Crippen molar-refractivity contribution >= 4 is 10.1 Å². The topological polar surface area (TPSA) is 134 Å². The van der Waals surface area contributed by atoms with Crippen LogP contribution in [0.25, 0.3) is 0 Å². The second-order valence-corrected chi connectivity index (χ2v) is 6.78. The van der Waals surface area contributed by atoms with Crippen LogP contribution in [-0.2, 0) is 27.7 Å². The second kappa shape index (κ2) is 7.14. The zero-order chi connectivity index (χ0) is 14.7. The number of hydrogen-bond acceptors (Lipinski definition) is 5. The average Bonchev–Trinajstić information content (AvgIpc) is 2.30. The van der Waals surface area contributed by atoms with Gasteiger partial charge in [-0.1, -0.05) is 18.2 Å². The number of rotatable bonds is 6. The van der Waals surface area contributed by atoms with Gasteiger partial charge in [0.2, 0.25) is 0 Å². The van der Waals surface area contributed by atoms with Crippen molar-refractivity contribution in [2.24, 2.45) is 0 Å². The Morgan fingerprint density at radius 1 is 1.15 bits per heavy atom. The molecule has 0 aliphatic carbocycles. The minimum Gasteiger partial charge on any atom is -0.747 e. The Morgan fingerprint density at radius 2 is 1.70 bits per heavy atom. The van der Waals surface area contributed by atoms with Crippen molar-refractivity contribution in [3.05, 3.63) is 34.9 Å². The second-order valence-electron chi connectivity index (χ2n) is 4.85. The molecule has 0 amide bonds.